The highest BCUT2D eigenvalue weighted by atomic mass is 16.5. The Morgan fingerprint density at radius 3 is 1.28 bits per heavy atom. The first kappa shape index (κ1) is 18.4. The molecule has 0 unspecified atom stereocenters. The summed E-state index contributed by atoms with van der Waals surface area (Å²) in [5.41, 5.74) is 6.42. The van der Waals surface area contributed by atoms with Gasteiger partial charge >= 0.3 is 0 Å². The van der Waals surface area contributed by atoms with E-state index in [1.54, 1.807) is 86.7 Å². The van der Waals surface area contributed by atoms with Gasteiger partial charge in [0.25, 0.3) is 11.8 Å². The summed E-state index contributed by atoms with van der Waals surface area (Å²) in [6, 6.07) is 13.6. The quantitative estimate of drug-likeness (QED) is 0.784. The molecular weight excluding hydrogens is 320 g/mol. The van der Waals surface area contributed by atoms with E-state index in [2.05, 4.69) is 10.9 Å². The molecule has 0 aromatic heterocycles. The van der Waals surface area contributed by atoms with Crippen LogP contribution in [0.25, 0.3) is 0 Å². The molecule has 0 aliphatic heterocycles. The van der Waals surface area contributed by atoms with Crippen LogP contribution < -0.4 is 15.6 Å². The van der Waals surface area contributed by atoms with E-state index >= 15 is 0 Å². The predicted octanol–water partition coefficient (Wildman–Crippen LogP) is 1.89. The lowest BCUT2D eigenvalue weighted by Gasteiger charge is -2.13. The second kappa shape index (κ2) is 8.27. The van der Waals surface area contributed by atoms with E-state index in [-0.39, 0.29) is 11.8 Å². The van der Waals surface area contributed by atoms with Crippen molar-refractivity contribution < 1.29 is 14.3 Å². The number of hydrogen-bond donors (Lipinski definition) is 2. The van der Waals surface area contributed by atoms with E-state index < -0.39 is 0 Å². The molecule has 0 aliphatic rings. The van der Waals surface area contributed by atoms with Crippen LogP contribution in [0, 0.1) is 0 Å². The van der Waals surface area contributed by atoms with E-state index in [1.165, 1.54) is 0 Å². The van der Waals surface area contributed by atoms with Crippen LogP contribution in [0.15, 0.2) is 48.5 Å². The number of nitrogens with one attached hydrogen (secondary N) is 2. The number of carbonyl (C=O) groups excluding carboxylic acids is 2. The standard InChI is InChI=1S/C18H22N4O3/c1-21(2)19-17(23)13-5-9-15(10-6-13)25-16-11-7-14(8-12-16)18(24)20-22(3)4/h5-12H,1-4H3,(H,19,23)(H,20,24). The molecule has 0 aliphatic carbocycles. The summed E-state index contributed by atoms with van der Waals surface area (Å²) in [6.07, 6.45) is 0. The third-order valence-electron chi connectivity index (χ3n) is 3.12. The van der Waals surface area contributed by atoms with Crippen LogP contribution in [-0.4, -0.2) is 50.0 Å². The Labute approximate surface area is 147 Å². The zero-order chi connectivity index (χ0) is 18.4. The van der Waals surface area contributed by atoms with Gasteiger partial charge in [-0.1, -0.05) is 0 Å². The minimum atomic E-state index is -0.187. The van der Waals surface area contributed by atoms with Gasteiger partial charge in [-0.15, -0.1) is 0 Å². The zero-order valence-corrected chi connectivity index (χ0v) is 14.7. The summed E-state index contributed by atoms with van der Waals surface area (Å²) in [5, 5.41) is 3.17. The maximum Gasteiger partial charge on any atom is 0.265 e. The van der Waals surface area contributed by atoms with Crippen molar-refractivity contribution >= 4 is 11.8 Å². The van der Waals surface area contributed by atoms with Crippen molar-refractivity contribution in [3.63, 3.8) is 0 Å². The van der Waals surface area contributed by atoms with Gasteiger partial charge in [0.15, 0.2) is 0 Å². The number of ether oxygens (including phenoxy) is 1. The van der Waals surface area contributed by atoms with Crippen molar-refractivity contribution in [3.05, 3.63) is 59.7 Å². The first-order chi connectivity index (χ1) is 11.8. The van der Waals surface area contributed by atoms with Gasteiger partial charge < -0.3 is 4.74 Å². The van der Waals surface area contributed by atoms with Gasteiger partial charge in [0.05, 0.1) is 0 Å². The maximum absolute atomic E-state index is 11.9. The number of benzene rings is 2. The first-order valence-corrected chi connectivity index (χ1v) is 7.70. The molecule has 7 nitrogen and oxygen atoms in total. The highest BCUT2D eigenvalue weighted by Crippen LogP contribution is 2.22. The summed E-state index contributed by atoms with van der Waals surface area (Å²) in [7, 11) is 6.99. The molecule has 2 rings (SSSR count). The normalized spacial score (nSPS) is 10.6. The van der Waals surface area contributed by atoms with Gasteiger partial charge in [-0.05, 0) is 48.5 Å². The molecule has 2 aromatic rings. The largest absolute Gasteiger partial charge is 0.457 e. The lowest BCUT2D eigenvalue weighted by molar-refractivity contribution is 0.0848. The second-order valence-corrected chi connectivity index (χ2v) is 5.82. The lowest BCUT2D eigenvalue weighted by Crippen LogP contribution is -2.36. The van der Waals surface area contributed by atoms with Crippen molar-refractivity contribution in [2.75, 3.05) is 28.2 Å². The monoisotopic (exact) mass is 342 g/mol. The molecule has 0 bridgehead atoms. The lowest BCUT2D eigenvalue weighted by atomic mass is 10.2. The number of amides is 2. The van der Waals surface area contributed by atoms with Crippen LogP contribution in [0.1, 0.15) is 20.7 Å². The van der Waals surface area contributed by atoms with Crippen molar-refractivity contribution in [1.29, 1.82) is 0 Å². The number of carbonyl (C=O) groups is 2. The topological polar surface area (TPSA) is 73.9 Å². The molecule has 7 heteroatoms. The predicted molar refractivity (Wildman–Crippen MR) is 95.3 cm³/mol. The fraction of sp³-hybridized carbons (Fsp3) is 0.222. The molecule has 0 atom stereocenters. The summed E-state index contributed by atoms with van der Waals surface area (Å²) >= 11 is 0. The first-order valence-electron chi connectivity index (χ1n) is 7.70. The average molecular weight is 342 g/mol. The molecule has 25 heavy (non-hydrogen) atoms. The Morgan fingerprint density at radius 2 is 1.00 bits per heavy atom. The van der Waals surface area contributed by atoms with Crippen LogP contribution in [-0.2, 0) is 0 Å². The van der Waals surface area contributed by atoms with Crippen molar-refractivity contribution in [2.45, 2.75) is 0 Å². The second-order valence-electron chi connectivity index (χ2n) is 5.82. The molecule has 0 saturated heterocycles. The minimum Gasteiger partial charge on any atom is -0.457 e. The molecule has 0 saturated carbocycles. The SMILES string of the molecule is CN(C)NC(=O)c1ccc(Oc2ccc(C(=O)NN(C)C)cc2)cc1. The van der Waals surface area contributed by atoms with Crippen molar-refractivity contribution in [3.8, 4) is 11.5 Å². The van der Waals surface area contributed by atoms with E-state index in [0.717, 1.165) is 0 Å². The number of nitrogens with zero attached hydrogens (tertiary/aromatic N) is 2. The van der Waals surface area contributed by atoms with E-state index in [9.17, 15) is 9.59 Å². The Kier molecular flexibility index (Phi) is 6.10. The van der Waals surface area contributed by atoms with E-state index in [4.69, 9.17) is 4.74 Å². The third-order valence-corrected chi connectivity index (χ3v) is 3.12. The van der Waals surface area contributed by atoms with Gasteiger partial charge in [-0.2, -0.15) is 0 Å². The van der Waals surface area contributed by atoms with Gasteiger partial charge in [0, 0.05) is 39.3 Å². The van der Waals surface area contributed by atoms with Crippen LogP contribution in [0.3, 0.4) is 0 Å². The Bertz CT molecular complexity index is 661. The van der Waals surface area contributed by atoms with Gasteiger partial charge in [-0.3, -0.25) is 20.4 Å². The summed E-state index contributed by atoms with van der Waals surface area (Å²) < 4.78 is 5.73. The Hall–Kier alpha value is -2.90. The fourth-order valence-electron chi connectivity index (χ4n) is 2.02. The summed E-state index contributed by atoms with van der Waals surface area (Å²) in [4.78, 5) is 23.7. The summed E-state index contributed by atoms with van der Waals surface area (Å²) in [5.74, 6) is 0.833. The highest BCUT2D eigenvalue weighted by Gasteiger charge is 2.08. The smallest absolute Gasteiger partial charge is 0.265 e. The van der Waals surface area contributed by atoms with Crippen molar-refractivity contribution in [2.24, 2.45) is 0 Å². The number of hydrogen-bond acceptors (Lipinski definition) is 5. The number of hydrazine groups is 2. The molecule has 132 valence electrons. The average Bonchev–Trinajstić information content (AvgIpc) is 2.55. The molecule has 0 radical (unpaired) electrons. The van der Waals surface area contributed by atoms with E-state index in [1.807, 2.05) is 0 Å². The molecule has 0 fully saturated rings. The molecule has 2 aromatic carbocycles. The zero-order valence-electron chi connectivity index (χ0n) is 14.7. The minimum absolute atomic E-state index is 0.187. The molecule has 0 spiro atoms. The van der Waals surface area contributed by atoms with Gasteiger partial charge in [0.1, 0.15) is 11.5 Å². The van der Waals surface area contributed by atoms with Crippen molar-refractivity contribution in [1.82, 2.24) is 20.9 Å². The maximum atomic E-state index is 11.9. The highest BCUT2D eigenvalue weighted by molar-refractivity contribution is 5.94. The molecule has 0 heterocycles. The van der Waals surface area contributed by atoms with Crippen LogP contribution >= 0.6 is 0 Å². The molecule has 2 amide bonds. The summed E-state index contributed by atoms with van der Waals surface area (Å²) in [6.45, 7) is 0. The van der Waals surface area contributed by atoms with Gasteiger partial charge in [0.2, 0.25) is 0 Å². The Morgan fingerprint density at radius 1 is 0.680 bits per heavy atom. The van der Waals surface area contributed by atoms with Crippen LogP contribution in [0.4, 0.5) is 0 Å². The fourth-order valence-corrected chi connectivity index (χ4v) is 2.02. The molecule has 2 N–H and O–H groups in total. The van der Waals surface area contributed by atoms with Gasteiger partial charge in [-0.25, -0.2) is 10.0 Å². The van der Waals surface area contributed by atoms with Crippen LogP contribution in [0.2, 0.25) is 0 Å². The third kappa shape index (κ3) is 5.59. The van der Waals surface area contributed by atoms with Crippen LogP contribution in [0.5, 0.6) is 11.5 Å². The number of rotatable bonds is 6. The molecular formula is C18H22N4O3. The van der Waals surface area contributed by atoms with E-state index in [0.29, 0.717) is 22.6 Å². The Balaban J connectivity index is 2.00.